The van der Waals surface area contributed by atoms with Crippen LogP contribution in [0.2, 0.25) is 0 Å². The molecule has 112 valence electrons. The fourth-order valence-electron chi connectivity index (χ4n) is 2.65. The molecule has 1 amide bonds. The van der Waals surface area contributed by atoms with Gasteiger partial charge in [0.1, 0.15) is 4.88 Å². The fraction of sp³-hybridized carbons (Fsp3) is 0.400. The number of fused-ring (bicyclic) bond motifs is 1. The molecule has 1 saturated heterocycles. The lowest BCUT2D eigenvalue weighted by Crippen LogP contribution is -2.31. The van der Waals surface area contributed by atoms with Crippen molar-refractivity contribution in [3.8, 4) is 0 Å². The van der Waals surface area contributed by atoms with E-state index in [0.29, 0.717) is 23.0 Å². The Hall–Kier alpha value is -1.11. The molecule has 0 saturated carbocycles. The molecule has 6 heteroatoms. The van der Waals surface area contributed by atoms with E-state index in [1.54, 1.807) is 0 Å². The van der Waals surface area contributed by atoms with E-state index in [4.69, 9.17) is 10.5 Å². The zero-order valence-electron chi connectivity index (χ0n) is 11.7. The minimum absolute atomic E-state index is 0.0975. The number of nitrogen functional groups attached to an aromatic ring is 1. The summed E-state index contributed by atoms with van der Waals surface area (Å²) in [4.78, 5) is 13.0. The van der Waals surface area contributed by atoms with Crippen molar-refractivity contribution in [2.45, 2.75) is 19.4 Å². The molecule has 21 heavy (non-hydrogen) atoms. The molecule has 2 atom stereocenters. The number of carbonyl (C=O) groups is 1. The number of halogens is 1. The molecule has 2 heterocycles. The molecule has 1 aliphatic heterocycles. The number of nitrogens with two attached hydrogens (primary N) is 1. The predicted molar refractivity (Wildman–Crippen MR) is 89.8 cm³/mol. The lowest BCUT2D eigenvalue weighted by atomic mass is 10.0. The molecule has 0 radical (unpaired) electrons. The van der Waals surface area contributed by atoms with Crippen molar-refractivity contribution in [1.82, 2.24) is 5.32 Å². The van der Waals surface area contributed by atoms with Gasteiger partial charge in [0.15, 0.2) is 0 Å². The number of hydrogen-bond acceptors (Lipinski definition) is 4. The monoisotopic (exact) mass is 368 g/mol. The van der Waals surface area contributed by atoms with Crippen molar-refractivity contribution in [1.29, 1.82) is 0 Å². The lowest BCUT2D eigenvalue weighted by molar-refractivity contribution is 0.0911. The Morgan fingerprint density at radius 1 is 1.57 bits per heavy atom. The summed E-state index contributed by atoms with van der Waals surface area (Å²) in [5.41, 5.74) is 6.70. The van der Waals surface area contributed by atoms with Crippen LogP contribution < -0.4 is 11.1 Å². The highest BCUT2D eigenvalue weighted by Gasteiger charge is 2.25. The number of benzene rings is 1. The van der Waals surface area contributed by atoms with Gasteiger partial charge < -0.3 is 15.8 Å². The Balaban J connectivity index is 1.78. The third-order valence-corrected chi connectivity index (χ3v) is 5.80. The van der Waals surface area contributed by atoms with E-state index in [1.807, 2.05) is 18.2 Å². The Labute approximate surface area is 135 Å². The van der Waals surface area contributed by atoms with Gasteiger partial charge in [-0.2, -0.15) is 0 Å². The van der Waals surface area contributed by atoms with Crippen molar-refractivity contribution < 1.29 is 9.53 Å². The standard InChI is InChI=1S/C15H17BrN2O2S/c1-8-9(5-6-20-8)7-18-15(19)14-13(17)12-10(16)3-2-4-11(12)21-14/h2-4,8-9H,5-7,17H2,1H3,(H,18,19). The molecule has 3 N–H and O–H groups in total. The summed E-state index contributed by atoms with van der Waals surface area (Å²) in [7, 11) is 0. The molecular formula is C15H17BrN2O2S. The second-order valence-corrected chi connectivity index (χ2v) is 7.20. The van der Waals surface area contributed by atoms with Gasteiger partial charge in [0.25, 0.3) is 5.91 Å². The Kier molecular flexibility index (Phi) is 4.19. The highest BCUT2D eigenvalue weighted by atomic mass is 79.9. The number of rotatable bonds is 3. The summed E-state index contributed by atoms with van der Waals surface area (Å²) in [6.45, 7) is 3.46. The molecule has 0 bridgehead atoms. The zero-order valence-corrected chi connectivity index (χ0v) is 14.1. The number of carbonyl (C=O) groups excluding carboxylic acids is 1. The molecule has 2 unspecified atom stereocenters. The fourth-order valence-corrected chi connectivity index (χ4v) is 4.42. The largest absolute Gasteiger partial charge is 0.397 e. The Bertz CT molecular complexity index is 686. The van der Waals surface area contributed by atoms with Crippen LogP contribution in [0.1, 0.15) is 23.0 Å². The molecule has 1 fully saturated rings. The van der Waals surface area contributed by atoms with Crippen molar-refractivity contribution in [3.05, 3.63) is 27.5 Å². The van der Waals surface area contributed by atoms with Gasteiger partial charge in [0, 0.05) is 33.6 Å². The summed E-state index contributed by atoms with van der Waals surface area (Å²) in [6.07, 6.45) is 1.20. The van der Waals surface area contributed by atoms with E-state index in [9.17, 15) is 4.79 Å². The maximum atomic E-state index is 12.4. The Morgan fingerprint density at radius 2 is 2.38 bits per heavy atom. The molecule has 4 nitrogen and oxygen atoms in total. The van der Waals surface area contributed by atoms with Crippen molar-refractivity contribution in [3.63, 3.8) is 0 Å². The first kappa shape index (κ1) is 14.8. The van der Waals surface area contributed by atoms with Gasteiger partial charge in [-0.15, -0.1) is 11.3 Å². The quantitative estimate of drug-likeness (QED) is 0.872. The van der Waals surface area contributed by atoms with Crippen LogP contribution in [-0.4, -0.2) is 25.2 Å². The van der Waals surface area contributed by atoms with Crippen molar-refractivity contribution >= 4 is 48.9 Å². The summed E-state index contributed by atoms with van der Waals surface area (Å²) < 4.78 is 7.45. The van der Waals surface area contributed by atoms with Gasteiger partial charge in [-0.05, 0) is 25.5 Å². The number of anilines is 1. The van der Waals surface area contributed by atoms with Crippen LogP contribution in [0.15, 0.2) is 22.7 Å². The second kappa shape index (κ2) is 5.94. The van der Waals surface area contributed by atoms with Crippen LogP contribution >= 0.6 is 27.3 Å². The number of nitrogens with one attached hydrogen (secondary N) is 1. The number of hydrogen-bond donors (Lipinski definition) is 2. The van der Waals surface area contributed by atoms with Crippen LogP contribution in [0.3, 0.4) is 0 Å². The predicted octanol–water partition coefficient (Wildman–Crippen LogP) is 3.40. The van der Waals surface area contributed by atoms with Gasteiger partial charge in [0.05, 0.1) is 11.8 Å². The second-order valence-electron chi connectivity index (χ2n) is 5.29. The molecule has 0 aliphatic carbocycles. The summed E-state index contributed by atoms with van der Waals surface area (Å²) in [6, 6.07) is 5.86. The van der Waals surface area contributed by atoms with Crippen LogP contribution in [0.25, 0.3) is 10.1 Å². The normalized spacial score (nSPS) is 21.8. The van der Waals surface area contributed by atoms with Gasteiger partial charge in [-0.1, -0.05) is 22.0 Å². The molecule has 1 aliphatic rings. The van der Waals surface area contributed by atoms with E-state index >= 15 is 0 Å². The molecule has 0 spiro atoms. The number of thiophene rings is 1. The first-order chi connectivity index (χ1) is 10.1. The first-order valence-corrected chi connectivity index (χ1v) is 8.55. The number of ether oxygens (including phenoxy) is 1. The topological polar surface area (TPSA) is 64.3 Å². The zero-order chi connectivity index (χ0) is 15.0. The van der Waals surface area contributed by atoms with E-state index in [1.165, 1.54) is 11.3 Å². The maximum absolute atomic E-state index is 12.4. The first-order valence-electron chi connectivity index (χ1n) is 6.94. The van der Waals surface area contributed by atoms with Crippen LogP contribution in [0.5, 0.6) is 0 Å². The van der Waals surface area contributed by atoms with Gasteiger partial charge in [0.2, 0.25) is 0 Å². The van der Waals surface area contributed by atoms with Crippen molar-refractivity contribution in [2.24, 2.45) is 5.92 Å². The highest BCUT2D eigenvalue weighted by molar-refractivity contribution is 9.10. The SMILES string of the molecule is CC1OCCC1CNC(=O)c1sc2cccc(Br)c2c1N. The van der Waals surface area contributed by atoms with E-state index in [-0.39, 0.29) is 12.0 Å². The highest BCUT2D eigenvalue weighted by Crippen LogP contribution is 2.38. The minimum atomic E-state index is -0.0975. The molecule has 2 aromatic rings. The maximum Gasteiger partial charge on any atom is 0.263 e. The van der Waals surface area contributed by atoms with Gasteiger partial charge >= 0.3 is 0 Å². The van der Waals surface area contributed by atoms with Crippen molar-refractivity contribution in [2.75, 3.05) is 18.9 Å². The summed E-state index contributed by atoms with van der Waals surface area (Å²) >= 11 is 4.92. The summed E-state index contributed by atoms with van der Waals surface area (Å²) in [5, 5.41) is 3.91. The average molecular weight is 369 g/mol. The third kappa shape index (κ3) is 2.80. The van der Waals surface area contributed by atoms with E-state index in [2.05, 4.69) is 28.2 Å². The van der Waals surface area contributed by atoms with E-state index < -0.39 is 0 Å². The third-order valence-electron chi connectivity index (χ3n) is 3.97. The smallest absolute Gasteiger partial charge is 0.263 e. The Morgan fingerprint density at radius 3 is 3.05 bits per heavy atom. The molecule has 3 rings (SSSR count). The number of amides is 1. The van der Waals surface area contributed by atoms with Crippen LogP contribution in [-0.2, 0) is 4.74 Å². The van der Waals surface area contributed by atoms with Gasteiger partial charge in [-0.25, -0.2) is 0 Å². The molecular weight excluding hydrogens is 352 g/mol. The summed E-state index contributed by atoms with van der Waals surface area (Å²) in [5.74, 6) is 0.288. The average Bonchev–Trinajstić information content (AvgIpc) is 3.01. The van der Waals surface area contributed by atoms with Crippen LogP contribution in [0.4, 0.5) is 5.69 Å². The van der Waals surface area contributed by atoms with Gasteiger partial charge in [-0.3, -0.25) is 4.79 Å². The molecule has 1 aromatic heterocycles. The van der Waals surface area contributed by atoms with E-state index in [0.717, 1.165) is 27.6 Å². The molecule has 1 aromatic carbocycles. The minimum Gasteiger partial charge on any atom is -0.397 e. The lowest BCUT2D eigenvalue weighted by Gasteiger charge is -2.14. The van der Waals surface area contributed by atoms with Crippen LogP contribution in [0, 0.1) is 5.92 Å².